The van der Waals surface area contributed by atoms with E-state index in [0.717, 1.165) is 11.3 Å². The minimum atomic E-state index is -0.254. The van der Waals surface area contributed by atoms with Crippen LogP contribution in [-0.2, 0) is 4.79 Å². The molecule has 0 aliphatic rings. The number of amides is 1. The van der Waals surface area contributed by atoms with E-state index in [1.807, 2.05) is 55.5 Å². The minimum Gasteiger partial charge on any atom is -0.496 e. The van der Waals surface area contributed by atoms with Crippen LogP contribution in [0, 0.1) is 0 Å². The number of hydrogen-bond donors (Lipinski definition) is 2. The van der Waals surface area contributed by atoms with E-state index in [2.05, 4.69) is 15.8 Å². The topological polar surface area (TPSA) is 72.0 Å². The predicted molar refractivity (Wildman–Crippen MR) is 94.8 cm³/mol. The molecule has 2 rings (SSSR count). The Morgan fingerprint density at radius 2 is 1.62 bits per heavy atom. The summed E-state index contributed by atoms with van der Waals surface area (Å²) in [4.78, 5) is 12.0. The van der Waals surface area contributed by atoms with E-state index >= 15 is 0 Å². The quantitative estimate of drug-likeness (QED) is 0.606. The van der Waals surface area contributed by atoms with Crippen molar-refractivity contribution in [3.63, 3.8) is 0 Å². The molecule has 0 saturated carbocycles. The third-order valence-corrected chi connectivity index (χ3v) is 3.39. The number of nitrogens with one attached hydrogen (secondary N) is 2. The zero-order chi connectivity index (χ0) is 17.4. The summed E-state index contributed by atoms with van der Waals surface area (Å²) in [6.07, 6.45) is 0. The van der Waals surface area contributed by atoms with Crippen molar-refractivity contribution in [3.05, 3.63) is 54.1 Å². The highest BCUT2D eigenvalue weighted by Gasteiger charge is 2.07. The molecule has 1 amide bonds. The van der Waals surface area contributed by atoms with Crippen LogP contribution in [0.2, 0.25) is 0 Å². The van der Waals surface area contributed by atoms with E-state index in [1.54, 1.807) is 14.2 Å². The number of benzene rings is 2. The van der Waals surface area contributed by atoms with Gasteiger partial charge in [0.05, 0.1) is 32.2 Å². The minimum absolute atomic E-state index is 0.0864. The van der Waals surface area contributed by atoms with Gasteiger partial charge in [-0.05, 0) is 31.2 Å². The van der Waals surface area contributed by atoms with Crippen molar-refractivity contribution in [1.82, 2.24) is 5.43 Å². The van der Waals surface area contributed by atoms with E-state index in [4.69, 9.17) is 9.47 Å². The van der Waals surface area contributed by atoms with Gasteiger partial charge in [0, 0.05) is 5.56 Å². The first-order chi connectivity index (χ1) is 11.7. The van der Waals surface area contributed by atoms with E-state index in [9.17, 15) is 4.79 Å². The third-order valence-electron chi connectivity index (χ3n) is 3.39. The first-order valence-electron chi connectivity index (χ1n) is 7.49. The highest BCUT2D eigenvalue weighted by Crippen LogP contribution is 2.22. The highest BCUT2D eigenvalue weighted by molar-refractivity contribution is 6.01. The summed E-state index contributed by atoms with van der Waals surface area (Å²) in [6.45, 7) is 1.90. The van der Waals surface area contributed by atoms with Gasteiger partial charge in [0.25, 0.3) is 5.91 Å². The first-order valence-corrected chi connectivity index (χ1v) is 7.49. The van der Waals surface area contributed by atoms with Crippen LogP contribution >= 0.6 is 0 Å². The molecule has 0 aromatic heterocycles. The molecule has 0 heterocycles. The van der Waals surface area contributed by atoms with Crippen molar-refractivity contribution < 1.29 is 14.3 Å². The molecule has 0 fully saturated rings. The van der Waals surface area contributed by atoms with Crippen LogP contribution in [0.4, 0.5) is 5.69 Å². The molecule has 0 aliphatic carbocycles. The van der Waals surface area contributed by atoms with Crippen molar-refractivity contribution in [2.45, 2.75) is 6.92 Å². The maximum absolute atomic E-state index is 12.0. The summed E-state index contributed by atoms with van der Waals surface area (Å²) in [5.74, 6) is 1.13. The second-order valence-corrected chi connectivity index (χ2v) is 4.99. The molecule has 0 bridgehead atoms. The number of para-hydroxylation sites is 3. The SMILES string of the molecule is COc1ccccc1NCC(=O)N/N=C(/C)c1ccccc1OC. The van der Waals surface area contributed by atoms with Crippen molar-refractivity contribution in [1.29, 1.82) is 0 Å². The molecule has 126 valence electrons. The van der Waals surface area contributed by atoms with E-state index < -0.39 is 0 Å². The van der Waals surface area contributed by atoms with Gasteiger partial charge in [-0.25, -0.2) is 5.43 Å². The largest absolute Gasteiger partial charge is 0.496 e. The highest BCUT2D eigenvalue weighted by atomic mass is 16.5. The summed E-state index contributed by atoms with van der Waals surface area (Å²) < 4.78 is 10.5. The van der Waals surface area contributed by atoms with Crippen LogP contribution in [0.15, 0.2) is 53.6 Å². The number of methoxy groups -OCH3 is 2. The Labute approximate surface area is 141 Å². The average molecular weight is 327 g/mol. The molecule has 2 aromatic carbocycles. The summed E-state index contributed by atoms with van der Waals surface area (Å²) in [5, 5.41) is 7.14. The number of hydrazone groups is 1. The van der Waals surface area contributed by atoms with Gasteiger partial charge in [-0.15, -0.1) is 0 Å². The van der Waals surface area contributed by atoms with Crippen LogP contribution in [0.3, 0.4) is 0 Å². The Bertz CT molecular complexity index is 729. The molecule has 2 N–H and O–H groups in total. The Balaban J connectivity index is 1.95. The zero-order valence-electron chi connectivity index (χ0n) is 14.0. The second-order valence-electron chi connectivity index (χ2n) is 4.99. The Hall–Kier alpha value is -3.02. The molecule has 2 aromatic rings. The summed E-state index contributed by atoms with van der Waals surface area (Å²) in [5.41, 5.74) is 4.78. The van der Waals surface area contributed by atoms with Crippen LogP contribution in [0.1, 0.15) is 12.5 Å². The third kappa shape index (κ3) is 4.49. The fraction of sp³-hybridized carbons (Fsp3) is 0.222. The number of nitrogens with zero attached hydrogens (tertiary/aromatic N) is 1. The van der Waals surface area contributed by atoms with E-state index in [-0.39, 0.29) is 12.5 Å². The van der Waals surface area contributed by atoms with Gasteiger partial charge in [-0.3, -0.25) is 4.79 Å². The average Bonchev–Trinajstić information content (AvgIpc) is 2.64. The zero-order valence-corrected chi connectivity index (χ0v) is 14.0. The number of carbonyl (C=O) groups is 1. The number of ether oxygens (including phenoxy) is 2. The number of hydrogen-bond acceptors (Lipinski definition) is 5. The summed E-state index contributed by atoms with van der Waals surface area (Å²) in [6, 6.07) is 14.9. The molecule has 0 spiro atoms. The van der Waals surface area contributed by atoms with Gasteiger partial charge in [0.1, 0.15) is 11.5 Å². The fourth-order valence-corrected chi connectivity index (χ4v) is 2.16. The fourth-order valence-electron chi connectivity index (χ4n) is 2.16. The molecule has 0 aliphatic heterocycles. The lowest BCUT2D eigenvalue weighted by atomic mass is 10.1. The summed E-state index contributed by atoms with van der Waals surface area (Å²) in [7, 11) is 3.18. The van der Waals surface area contributed by atoms with Crippen LogP contribution < -0.4 is 20.2 Å². The Morgan fingerprint density at radius 1 is 1.00 bits per heavy atom. The number of carbonyl (C=O) groups excluding carboxylic acids is 1. The van der Waals surface area contributed by atoms with Gasteiger partial charge < -0.3 is 14.8 Å². The molecule has 0 atom stereocenters. The van der Waals surface area contributed by atoms with Gasteiger partial charge in [0.15, 0.2) is 0 Å². The normalized spacial score (nSPS) is 10.9. The lowest BCUT2D eigenvalue weighted by Crippen LogP contribution is -2.27. The lowest BCUT2D eigenvalue weighted by Gasteiger charge is -2.10. The maximum atomic E-state index is 12.0. The molecule has 0 radical (unpaired) electrons. The molecule has 0 unspecified atom stereocenters. The molecule has 24 heavy (non-hydrogen) atoms. The van der Waals surface area contributed by atoms with Crippen molar-refractivity contribution >= 4 is 17.3 Å². The van der Waals surface area contributed by atoms with Gasteiger partial charge >= 0.3 is 0 Å². The molecular weight excluding hydrogens is 306 g/mol. The monoisotopic (exact) mass is 327 g/mol. The molecular formula is C18H21N3O3. The van der Waals surface area contributed by atoms with Crippen LogP contribution in [-0.4, -0.2) is 32.4 Å². The summed E-state index contributed by atoms with van der Waals surface area (Å²) >= 11 is 0. The van der Waals surface area contributed by atoms with E-state index in [1.165, 1.54) is 0 Å². The lowest BCUT2D eigenvalue weighted by molar-refractivity contribution is -0.119. The van der Waals surface area contributed by atoms with Gasteiger partial charge in [-0.1, -0.05) is 24.3 Å². The smallest absolute Gasteiger partial charge is 0.259 e. The van der Waals surface area contributed by atoms with Crippen LogP contribution in [0.5, 0.6) is 11.5 Å². The standard InChI is InChI=1S/C18H21N3O3/c1-13(14-8-4-6-10-16(14)23-2)20-21-18(22)12-19-15-9-5-7-11-17(15)24-3/h4-11,19H,12H2,1-3H3,(H,21,22)/b20-13-. The number of rotatable bonds is 7. The van der Waals surface area contributed by atoms with Crippen molar-refractivity contribution in [2.24, 2.45) is 5.10 Å². The van der Waals surface area contributed by atoms with Crippen molar-refractivity contribution in [2.75, 3.05) is 26.1 Å². The maximum Gasteiger partial charge on any atom is 0.259 e. The molecule has 0 saturated heterocycles. The number of anilines is 1. The van der Waals surface area contributed by atoms with Crippen molar-refractivity contribution in [3.8, 4) is 11.5 Å². The Kier molecular flexibility index (Phi) is 6.19. The second kappa shape index (κ2) is 8.57. The Morgan fingerprint density at radius 3 is 2.33 bits per heavy atom. The molecule has 6 nitrogen and oxygen atoms in total. The molecule has 6 heteroatoms. The van der Waals surface area contributed by atoms with Gasteiger partial charge in [0.2, 0.25) is 0 Å². The first kappa shape index (κ1) is 17.3. The van der Waals surface area contributed by atoms with Gasteiger partial charge in [-0.2, -0.15) is 5.10 Å². The van der Waals surface area contributed by atoms with E-state index in [0.29, 0.717) is 17.2 Å². The van der Waals surface area contributed by atoms with Crippen LogP contribution in [0.25, 0.3) is 0 Å². The predicted octanol–water partition coefficient (Wildman–Crippen LogP) is 2.66.